The molecule has 0 fully saturated rings. The van der Waals surface area contributed by atoms with E-state index in [9.17, 15) is 0 Å². The maximum atomic E-state index is 2.71. The first-order chi connectivity index (χ1) is 35.3. The smallest absolute Gasteiger partial charge is 0.252 e. The van der Waals surface area contributed by atoms with Crippen molar-refractivity contribution >= 4 is 74.3 Å². The molecule has 0 aromatic heterocycles. The van der Waals surface area contributed by atoms with Crippen LogP contribution in [0.4, 0.5) is 51.2 Å². The van der Waals surface area contributed by atoms with E-state index in [0.717, 1.165) is 29.9 Å². The fourth-order valence-electron chi connectivity index (χ4n) is 14.6. The molecule has 2 aliphatic heterocycles. The van der Waals surface area contributed by atoms with Gasteiger partial charge in [0.15, 0.2) is 0 Å². The molecule has 0 atom stereocenters. The molecule has 8 aromatic carbocycles. The monoisotopic (exact) mass is 982 g/mol. The van der Waals surface area contributed by atoms with Gasteiger partial charge < -0.3 is 14.7 Å². The molecular weight excluding hydrogens is 906 g/mol. The summed E-state index contributed by atoms with van der Waals surface area (Å²) in [5.74, 6) is 0. The van der Waals surface area contributed by atoms with Gasteiger partial charge in [0, 0.05) is 45.4 Å². The molecule has 12 rings (SSSR count). The summed E-state index contributed by atoms with van der Waals surface area (Å²) in [7, 11) is 0. The fraction of sp³-hybridized carbons (Fsp3) is 0.324. The van der Waals surface area contributed by atoms with Crippen molar-refractivity contribution in [3.63, 3.8) is 0 Å². The van der Waals surface area contributed by atoms with Crippen molar-refractivity contribution in [3.05, 3.63) is 203 Å². The van der Waals surface area contributed by atoms with E-state index in [2.05, 4.69) is 282 Å². The first kappa shape index (κ1) is 49.1. The van der Waals surface area contributed by atoms with Gasteiger partial charge in [-0.1, -0.05) is 194 Å². The van der Waals surface area contributed by atoms with Crippen molar-refractivity contribution in [3.8, 4) is 11.1 Å². The van der Waals surface area contributed by atoms with Gasteiger partial charge >= 0.3 is 0 Å². The van der Waals surface area contributed by atoms with Crippen molar-refractivity contribution < 1.29 is 0 Å². The maximum Gasteiger partial charge on any atom is 0.252 e. The van der Waals surface area contributed by atoms with Crippen LogP contribution in [0.1, 0.15) is 149 Å². The third-order valence-corrected chi connectivity index (χ3v) is 17.8. The normalized spacial score (nSPS) is 17.2. The Morgan fingerprint density at radius 1 is 0.400 bits per heavy atom. The molecule has 0 unspecified atom stereocenters. The largest absolute Gasteiger partial charge is 0.311 e. The summed E-state index contributed by atoms with van der Waals surface area (Å²) < 4.78 is 0. The number of rotatable bonds is 6. The molecule has 0 amide bonds. The molecular formula is C71H76BN3. The molecule has 0 spiro atoms. The minimum atomic E-state index is -0.0743. The average molecular weight is 982 g/mol. The van der Waals surface area contributed by atoms with Crippen LogP contribution < -0.4 is 31.1 Å². The Morgan fingerprint density at radius 2 is 0.840 bits per heavy atom. The Kier molecular flexibility index (Phi) is 10.9. The highest BCUT2D eigenvalue weighted by atomic mass is 15.2. The van der Waals surface area contributed by atoms with E-state index < -0.39 is 0 Å². The molecule has 378 valence electrons. The van der Waals surface area contributed by atoms with Crippen LogP contribution in [0.15, 0.2) is 164 Å². The third-order valence-electron chi connectivity index (χ3n) is 17.8. The van der Waals surface area contributed by atoms with Gasteiger partial charge in [0.05, 0.1) is 11.4 Å². The van der Waals surface area contributed by atoms with Gasteiger partial charge in [-0.05, 0) is 180 Å². The highest BCUT2D eigenvalue weighted by Crippen LogP contribution is 2.57. The number of hydrogen-bond acceptors (Lipinski definition) is 3. The van der Waals surface area contributed by atoms with Gasteiger partial charge in [0.2, 0.25) is 0 Å². The van der Waals surface area contributed by atoms with E-state index in [0.29, 0.717) is 0 Å². The zero-order chi connectivity index (χ0) is 52.9. The van der Waals surface area contributed by atoms with E-state index in [1.807, 2.05) is 0 Å². The van der Waals surface area contributed by atoms with Crippen LogP contribution in [0.5, 0.6) is 0 Å². The van der Waals surface area contributed by atoms with Gasteiger partial charge in [0.25, 0.3) is 6.71 Å². The predicted molar refractivity (Wildman–Crippen MR) is 324 cm³/mol. The van der Waals surface area contributed by atoms with Gasteiger partial charge in [-0.15, -0.1) is 0 Å². The average Bonchev–Trinajstić information content (AvgIpc) is 3.71. The number of anilines is 9. The lowest BCUT2D eigenvalue weighted by atomic mass is 9.33. The lowest BCUT2D eigenvalue weighted by molar-refractivity contribution is 0.402. The van der Waals surface area contributed by atoms with E-state index in [1.54, 1.807) is 0 Å². The van der Waals surface area contributed by atoms with Crippen molar-refractivity contribution in [2.45, 2.75) is 149 Å². The number of benzene rings is 8. The van der Waals surface area contributed by atoms with Crippen LogP contribution in [-0.4, -0.2) is 6.71 Å². The maximum absolute atomic E-state index is 2.71. The summed E-state index contributed by atoms with van der Waals surface area (Å²) >= 11 is 0. The second-order valence-electron chi connectivity index (χ2n) is 27.4. The first-order valence-electron chi connectivity index (χ1n) is 27.7. The van der Waals surface area contributed by atoms with Crippen molar-refractivity contribution in [1.82, 2.24) is 0 Å². The third kappa shape index (κ3) is 7.82. The molecule has 0 saturated heterocycles. The first-order valence-corrected chi connectivity index (χ1v) is 27.7. The van der Waals surface area contributed by atoms with Gasteiger partial charge in [-0.25, -0.2) is 0 Å². The molecule has 0 radical (unpaired) electrons. The Morgan fingerprint density at radius 3 is 1.37 bits per heavy atom. The van der Waals surface area contributed by atoms with E-state index in [-0.39, 0.29) is 39.2 Å². The number of aryl methyl sites for hydroxylation is 1. The predicted octanol–water partition coefficient (Wildman–Crippen LogP) is 17.7. The van der Waals surface area contributed by atoms with Crippen molar-refractivity contribution in [1.29, 1.82) is 0 Å². The quantitative estimate of drug-likeness (QED) is 0.154. The molecule has 3 nitrogen and oxygen atoms in total. The standard InChI is InChI=1S/C71H76BN3/c1-45-35-53-55(70(12,13)43-68(53,8)9)41-60(45)75-61-37-48(67(5,6)7)31-33-57(61)72-58-40-54-56(71(14,15)44-69(54,10)11)42-62(58)74(59-34-32-47(66(2,3)4)36-52(59)46-25-19-16-20-26-46)63-38-51(39-64(75)65(63)72)73(49-27-21-17-22-28-49)50-29-23-18-24-30-50/h16-42H,43-44H2,1-15H3. The molecule has 2 aliphatic carbocycles. The number of nitrogens with zero attached hydrogens (tertiary/aromatic N) is 3. The molecule has 8 aromatic rings. The zero-order valence-corrected chi connectivity index (χ0v) is 47.4. The molecule has 4 aliphatic rings. The topological polar surface area (TPSA) is 9.72 Å². The van der Waals surface area contributed by atoms with Gasteiger partial charge in [-0.2, -0.15) is 0 Å². The summed E-state index contributed by atoms with van der Waals surface area (Å²) in [6.07, 6.45) is 2.20. The fourth-order valence-corrected chi connectivity index (χ4v) is 14.6. The Labute approximate surface area is 449 Å². The number of para-hydroxylation sites is 2. The van der Waals surface area contributed by atoms with Crippen LogP contribution in [0, 0.1) is 6.92 Å². The number of fused-ring (bicyclic) bond motifs is 6. The molecule has 2 heterocycles. The Balaban J connectivity index is 1.27. The van der Waals surface area contributed by atoms with E-state index in [1.165, 1.54) is 101 Å². The SMILES string of the molecule is Cc1cc2c(cc1N1c3cc(C(C)(C)C)ccc3B3c4cc5c(cc4N(c4ccc(C(C)(C)C)cc4-c4ccccc4)c4cc(N(c6ccccc6)c6ccccc6)cc1c43)C(C)(C)CC5(C)C)C(C)(C)CC2(C)C. The summed E-state index contributed by atoms with van der Waals surface area (Å²) in [6, 6.07) is 63.5. The van der Waals surface area contributed by atoms with Crippen LogP contribution >= 0.6 is 0 Å². The molecule has 0 N–H and O–H groups in total. The van der Waals surface area contributed by atoms with Crippen LogP contribution in [-0.2, 0) is 32.5 Å². The zero-order valence-electron chi connectivity index (χ0n) is 47.4. The van der Waals surface area contributed by atoms with Crippen LogP contribution in [0.2, 0.25) is 0 Å². The van der Waals surface area contributed by atoms with E-state index in [4.69, 9.17) is 0 Å². The highest BCUT2D eigenvalue weighted by Gasteiger charge is 2.50. The van der Waals surface area contributed by atoms with Crippen molar-refractivity contribution in [2.24, 2.45) is 0 Å². The minimum absolute atomic E-state index is 0.00279. The molecule has 75 heavy (non-hydrogen) atoms. The lowest BCUT2D eigenvalue weighted by Crippen LogP contribution is -2.61. The van der Waals surface area contributed by atoms with Gasteiger partial charge in [-0.3, -0.25) is 0 Å². The van der Waals surface area contributed by atoms with Crippen molar-refractivity contribution in [2.75, 3.05) is 14.7 Å². The summed E-state index contributed by atoms with van der Waals surface area (Å²) in [5, 5.41) is 0. The molecule has 0 saturated carbocycles. The van der Waals surface area contributed by atoms with Crippen LogP contribution in [0.3, 0.4) is 0 Å². The second kappa shape index (κ2) is 16.6. The summed E-state index contributed by atoms with van der Waals surface area (Å²) in [5.41, 5.74) is 27.1. The molecule has 4 heteroatoms. The second-order valence-corrected chi connectivity index (χ2v) is 27.4. The lowest BCUT2D eigenvalue weighted by Gasteiger charge is -2.46. The highest BCUT2D eigenvalue weighted by molar-refractivity contribution is 7.00. The van der Waals surface area contributed by atoms with E-state index >= 15 is 0 Å². The summed E-state index contributed by atoms with van der Waals surface area (Å²) in [6.45, 7) is 36.2. The minimum Gasteiger partial charge on any atom is -0.311 e. The Bertz CT molecular complexity index is 3550. The van der Waals surface area contributed by atoms with Gasteiger partial charge in [0.1, 0.15) is 0 Å². The number of hydrogen-bond donors (Lipinski definition) is 0. The summed E-state index contributed by atoms with van der Waals surface area (Å²) in [4.78, 5) is 7.89. The van der Waals surface area contributed by atoms with Crippen LogP contribution in [0.25, 0.3) is 11.1 Å². The Hall–Kier alpha value is -6.78. The molecule has 0 bridgehead atoms.